The van der Waals surface area contributed by atoms with Gasteiger partial charge in [-0.2, -0.15) is 13.2 Å². The third-order valence-corrected chi connectivity index (χ3v) is 5.00. The van der Waals surface area contributed by atoms with Crippen LogP contribution in [0.4, 0.5) is 13.2 Å². The Balaban J connectivity index is 1.95. The Morgan fingerprint density at radius 3 is 2.40 bits per heavy atom. The molecule has 0 atom stereocenters. The molecule has 1 aromatic carbocycles. The fourth-order valence-electron chi connectivity index (χ4n) is 3.04. The molecule has 0 saturated carbocycles. The fraction of sp³-hybridized carbons (Fsp3) is 0.562. The zero-order valence-electron chi connectivity index (χ0n) is 13.5. The van der Waals surface area contributed by atoms with Crippen molar-refractivity contribution in [3.8, 4) is 0 Å². The lowest BCUT2D eigenvalue weighted by Crippen LogP contribution is -2.52. The molecule has 1 amide bonds. The van der Waals surface area contributed by atoms with Crippen LogP contribution in [0.1, 0.15) is 18.4 Å². The number of halogens is 5. The van der Waals surface area contributed by atoms with Gasteiger partial charge in [0.25, 0.3) is 0 Å². The minimum absolute atomic E-state index is 0.00527. The second-order valence-corrected chi connectivity index (χ2v) is 6.86. The highest BCUT2D eigenvalue weighted by Gasteiger charge is 2.44. The number of amides is 1. The van der Waals surface area contributed by atoms with E-state index in [0.717, 1.165) is 10.5 Å². The number of rotatable bonds is 5. The maximum atomic E-state index is 12.7. The summed E-state index contributed by atoms with van der Waals surface area (Å²) >= 11 is 11.9. The molecule has 0 aliphatic carbocycles. The predicted molar refractivity (Wildman–Crippen MR) is 91.6 cm³/mol. The molecule has 2 N–H and O–H groups in total. The highest BCUT2D eigenvalue weighted by Crippen LogP contribution is 2.26. The Bertz CT molecular complexity index is 605. The van der Waals surface area contributed by atoms with Gasteiger partial charge in [-0.25, -0.2) is 0 Å². The van der Waals surface area contributed by atoms with E-state index in [2.05, 4.69) is 4.90 Å². The van der Waals surface area contributed by atoms with Gasteiger partial charge in [-0.15, -0.1) is 0 Å². The van der Waals surface area contributed by atoms with Crippen LogP contribution in [0.25, 0.3) is 0 Å². The number of nitrogens with zero attached hydrogens (tertiary/aromatic N) is 2. The first-order chi connectivity index (χ1) is 11.7. The Kier molecular flexibility index (Phi) is 6.96. The molecule has 0 unspecified atom stereocenters. The smallest absolute Gasteiger partial charge is 0.331 e. The zero-order chi connectivity index (χ0) is 18.6. The number of carbonyl (C=O) groups is 1. The third kappa shape index (κ3) is 5.48. The van der Waals surface area contributed by atoms with Gasteiger partial charge in [-0.3, -0.25) is 9.69 Å². The Morgan fingerprint density at radius 1 is 1.24 bits per heavy atom. The lowest BCUT2D eigenvalue weighted by molar-refractivity contribution is -0.188. The molecule has 0 spiro atoms. The van der Waals surface area contributed by atoms with Crippen molar-refractivity contribution in [3.05, 3.63) is 33.8 Å². The van der Waals surface area contributed by atoms with Crippen LogP contribution in [0.5, 0.6) is 0 Å². The topological polar surface area (TPSA) is 49.6 Å². The molecule has 1 aliphatic rings. The summed E-state index contributed by atoms with van der Waals surface area (Å²) in [7, 11) is 0. The highest BCUT2D eigenvalue weighted by molar-refractivity contribution is 6.42. The van der Waals surface area contributed by atoms with Gasteiger partial charge in [-0.05, 0) is 30.5 Å². The molecule has 9 heteroatoms. The van der Waals surface area contributed by atoms with Crippen molar-refractivity contribution in [2.75, 3.05) is 26.2 Å². The van der Waals surface area contributed by atoms with Crippen LogP contribution >= 0.6 is 23.2 Å². The molecular weight excluding hydrogens is 378 g/mol. The van der Waals surface area contributed by atoms with Crippen molar-refractivity contribution in [2.45, 2.75) is 31.6 Å². The molecular formula is C16H20Cl2F3N3O. The highest BCUT2D eigenvalue weighted by atomic mass is 35.5. The van der Waals surface area contributed by atoms with Gasteiger partial charge in [0.15, 0.2) is 0 Å². The molecule has 140 valence electrons. The van der Waals surface area contributed by atoms with Crippen LogP contribution in [0.2, 0.25) is 10.0 Å². The van der Waals surface area contributed by atoms with Crippen molar-refractivity contribution >= 4 is 29.1 Å². The van der Waals surface area contributed by atoms with Crippen LogP contribution in [0.3, 0.4) is 0 Å². The summed E-state index contributed by atoms with van der Waals surface area (Å²) in [6.45, 7) is 1.74. The second-order valence-electron chi connectivity index (χ2n) is 6.04. The Morgan fingerprint density at radius 2 is 1.88 bits per heavy atom. The minimum Gasteiger partial charge on any atom is -0.331 e. The molecule has 1 saturated heterocycles. The maximum absolute atomic E-state index is 12.7. The third-order valence-electron chi connectivity index (χ3n) is 4.26. The molecule has 25 heavy (non-hydrogen) atoms. The number of hydrogen-bond donors (Lipinski definition) is 1. The van der Waals surface area contributed by atoms with Gasteiger partial charge in [0.2, 0.25) is 0 Å². The average Bonchev–Trinajstić information content (AvgIpc) is 2.55. The van der Waals surface area contributed by atoms with Gasteiger partial charge in [0.1, 0.15) is 0 Å². The molecule has 4 nitrogen and oxygen atoms in total. The van der Waals surface area contributed by atoms with Crippen molar-refractivity contribution in [1.82, 2.24) is 9.80 Å². The van der Waals surface area contributed by atoms with Crippen LogP contribution in [0, 0.1) is 0 Å². The van der Waals surface area contributed by atoms with Crippen molar-refractivity contribution in [2.24, 2.45) is 5.73 Å². The number of alkyl halides is 3. The monoisotopic (exact) mass is 397 g/mol. The first kappa shape index (κ1) is 20.3. The fourth-order valence-corrected chi connectivity index (χ4v) is 3.36. The van der Waals surface area contributed by atoms with Gasteiger partial charge in [-0.1, -0.05) is 29.3 Å². The summed E-state index contributed by atoms with van der Waals surface area (Å²) in [5, 5.41) is 0.950. The van der Waals surface area contributed by atoms with E-state index in [0.29, 0.717) is 42.5 Å². The summed E-state index contributed by atoms with van der Waals surface area (Å²) in [4.78, 5) is 14.6. The molecule has 0 aromatic heterocycles. The molecule has 2 rings (SSSR count). The van der Waals surface area contributed by atoms with Crippen LogP contribution in [-0.2, 0) is 11.3 Å². The normalized spacial score (nSPS) is 16.9. The van der Waals surface area contributed by atoms with Gasteiger partial charge in [0, 0.05) is 38.8 Å². The van der Waals surface area contributed by atoms with E-state index in [1.807, 2.05) is 6.07 Å². The first-order valence-corrected chi connectivity index (χ1v) is 8.72. The largest absolute Gasteiger partial charge is 0.471 e. The van der Waals surface area contributed by atoms with E-state index in [-0.39, 0.29) is 13.1 Å². The molecule has 1 fully saturated rings. The van der Waals surface area contributed by atoms with Crippen LogP contribution in [0.15, 0.2) is 18.2 Å². The summed E-state index contributed by atoms with van der Waals surface area (Å²) in [5.74, 6) is -1.80. The summed E-state index contributed by atoms with van der Waals surface area (Å²) in [6, 6.07) is 4.93. The molecule has 0 bridgehead atoms. The zero-order valence-corrected chi connectivity index (χ0v) is 15.0. The molecule has 1 aromatic rings. The number of piperidine rings is 1. The second kappa shape index (κ2) is 8.58. The predicted octanol–water partition coefficient (Wildman–Crippen LogP) is 3.31. The van der Waals surface area contributed by atoms with Crippen LogP contribution < -0.4 is 5.73 Å². The van der Waals surface area contributed by atoms with Gasteiger partial charge in [0.05, 0.1) is 10.0 Å². The minimum atomic E-state index is -4.87. The quantitative estimate of drug-likeness (QED) is 0.828. The number of benzene rings is 1. The van der Waals surface area contributed by atoms with Gasteiger partial charge < -0.3 is 10.6 Å². The number of nitrogens with two attached hydrogens (primary N) is 1. The maximum Gasteiger partial charge on any atom is 0.471 e. The van der Waals surface area contributed by atoms with E-state index in [1.165, 1.54) is 0 Å². The standard InChI is InChI=1S/C16H20Cl2F3N3O/c17-13-2-1-11(9-14(13)18)10-23-6-3-12(4-7-23)24(8-5-22)15(25)16(19,20)21/h1-2,9,12H,3-8,10,22H2. The van der Waals surface area contributed by atoms with Crippen molar-refractivity contribution in [1.29, 1.82) is 0 Å². The van der Waals surface area contributed by atoms with Crippen molar-refractivity contribution in [3.63, 3.8) is 0 Å². The van der Waals surface area contributed by atoms with E-state index >= 15 is 0 Å². The van der Waals surface area contributed by atoms with E-state index in [9.17, 15) is 18.0 Å². The van der Waals surface area contributed by atoms with E-state index < -0.39 is 18.1 Å². The van der Waals surface area contributed by atoms with Crippen molar-refractivity contribution < 1.29 is 18.0 Å². The molecule has 1 aliphatic heterocycles. The summed E-state index contributed by atoms with van der Waals surface area (Å²) < 4.78 is 38.2. The number of likely N-dealkylation sites (tertiary alicyclic amines) is 1. The van der Waals surface area contributed by atoms with Gasteiger partial charge >= 0.3 is 12.1 Å². The lowest BCUT2D eigenvalue weighted by atomic mass is 10.0. The number of carbonyl (C=O) groups excluding carboxylic acids is 1. The average molecular weight is 398 g/mol. The van der Waals surface area contributed by atoms with E-state index in [4.69, 9.17) is 28.9 Å². The van der Waals surface area contributed by atoms with Crippen LogP contribution in [-0.4, -0.2) is 54.1 Å². The SMILES string of the molecule is NCCN(C(=O)C(F)(F)F)C1CCN(Cc2ccc(Cl)c(Cl)c2)CC1. The molecule has 1 heterocycles. The summed E-state index contributed by atoms with van der Waals surface area (Å²) in [6.07, 6.45) is -3.92. The lowest BCUT2D eigenvalue weighted by Gasteiger charge is -2.38. The molecule has 0 radical (unpaired) electrons. The summed E-state index contributed by atoms with van der Waals surface area (Å²) in [5.41, 5.74) is 6.36. The number of hydrogen-bond acceptors (Lipinski definition) is 3. The van der Waals surface area contributed by atoms with E-state index in [1.54, 1.807) is 12.1 Å². The first-order valence-electron chi connectivity index (χ1n) is 7.96. The Hall–Kier alpha value is -1.02. The Labute approximate surface area is 154 Å².